The fraction of sp³-hybridized carbons (Fsp3) is 0.364. The highest BCUT2D eigenvalue weighted by atomic mass is 15.3. The van der Waals surface area contributed by atoms with Gasteiger partial charge >= 0.3 is 0 Å². The van der Waals surface area contributed by atoms with Crippen LogP contribution in [-0.2, 0) is 0 Å². The molecule has 1 saturated heterocycles. The van der Waals surface area contributed by atoms with Gasteiger partial charge in [0.05, 0.1) is 24.8 Å². The topological polar surface area (TPSA) is 142 Å². The third-order valence-electron chi connectivity index (χ3n) is 5.16. The number of nitrogens with zero attached hydrogens (tertiary/aromatic N) is 7. The molecule has 1 fully saturated rings. The van der Waals surface area contributed by atoms with Crippen LogP contribution >= 0.6 is 0 Å². The predicted octanol–water partition coefficient (Wildman–Crippen LogP) is 1.44. The molecule has 2 aliphatic heterocycles. The van der Waals surface area contributed by atoms with Crippen LogP contribution in [0.5, 0.6) is 0 Å². The van der Waals surface area contributed by atoms with Crippen molar-refractivity contribution in [3.05, 3.63) is 47.8 Å². The minimum absolute atomic E-state index is 0.0204. The van der Waals surface area contributed by atoms with Gasteiger partial charge in [-0.1, -0.05) is 0 Å². The van der Waals surface area contributed by atoms with Crippen LogP contribution in [0, 0.1) is 16.7 Å². The third kappa shape index (κ3) is 6.09. The van der Waals surface area contributed by atoms with E-state index < -0.39 is 0 Å². The Morgan fingerprint density at radius 1 is 1.44 bits per heavy atom. The van der Waals surface area contributed by atoms with Crippen molar-refractivity contribution in [3.8, 4) is 6.07 Å². The lowest BCUT2D eigenvalue weighted by Gasteiger charge is -2.44. The molecule has 0 spiro atoms. The molecule has 4 N–H and O–H groups in total. The Labute approximate surface area is 189 Å². The van der Waals surface area contributed by atoms with Crippen LogP contribution in [0.1, 0.15) is 13.8 Å². The van der Waals surface area contributed by atoms with E-state index in [0.29, 0.717) is 30.9 Å². The van der Waals surface area contributed by atoms with Crippen molar-refractivity contribution in [1.29, 1.82) is 10.7 Å². The second-order valence-electron chi connectivity index (χ2n) is 7.32. The van der Waals surface area contributed by atoms with Gasteiger partial charge in [0.1, 0.15) is 11.9 Å². The number of rotatable bonds is 8. The number of hydrogen-bond donors (Lipinski definition) is 3. The highest BCUT2D eigenvalue weighted by Gasteiger charge is 2.34. The summed E-state index contributed by atoms with van der Waals surface area (Å²) in [7, 11) is 0. The number of nitriles is 1. The van der Waals surface area contributed by atoms with Gasteiger partial charge in [0.25, 0.3) is 0 Å². The first kappa shape index (κ1) is 24.4. The summed E-state index contributed by atoms with van der Waals surface area (Å²) in [6, 6.07) is 2.04. The molecule has 0 aromatic heterocycles. The molecule has 0 amide bonds. The van der Waals surface area contributed by atoms with Crippen molar-refractivity contribution in [3.63, 3.8) is 0 Å². The molecule has 10 heteroatoms. The van der Waals surface area contributed by atoms with Crippen LogP contribution < -0.4 is 11.1 Å². The van der Waals surface area contributed by atoms with E-state index in [0.717, 1.165) is 11.5 Å². The molecule has 0 aromatic rings. The monoisotopic (exact) mass is 434 g/mol. The van der Waals surface area contributed by atoms with Crippen LogP contribution in [0.25, 0.3) is 0 Å². The molecule has 168 valence electrons. The maximum atomic E-state index is 9.16. The fourth-order valence-corrected chi connectivity index (χ4v) is 3.61. The Morgan fingerprint density at radius 3 is 2.84 bits per heavy atom. The smallest absolute Gasteiger partial charge is 0.156 e. The molecule has 32 heavy (non-hydrogen) atoms. The molecule has 2 aliphatic rings. The van der Waals surface area contributed by atoms with Gasteiger partial charge in [-0.25, -0.2) is 4.99 Å². The molecule has 2 heterocycles. The van der Waals surface area contributed by atoms with Crippen LogP contribution in [0.2, 0.25) is 0 Å². The standard InChI is InChI=1S/C22H30N10/c1-16-14-32(17(2)22(30-16)18(9-23)10-24)21(5-6-26-3)29-13-20(12-27-4)31-8-7-28-19(11-25)15-31/h5-7,9-10,12,15-17,22-23,30H,3-4,8,13-14,24H2,1-2H3/b6-5-,18-10+,20-12-,23-9?,29-21?. The lowest BCUT2D eigenvalue weighted by Crippen LogP contribution is -2.62. The van der Waals surface area contributed by atoms with E-state index in [2.05, 4.69) is 52.5 Å². The van der Waals surface area contributed by atoms with Crippen molar-refractivity contribution >= 4 is 31.7 Å². The Kier molecular flexibility index (Phi) is 9.25. The number of hydrogen-bond acceptors (Lipinski definition) is 9. The molecular formula is C22H30N10. The normalized spacial score (nSPS) is 24.8. The Balaban J connectivity index is 2.37. The summed E-state index contributed by atoms with van der Waals surface area (Å²) in [6.45, 7) is 12.7. The summed E-state index contributed by atoms with van der Waals surface area (Å²) < 4.78 is 0. The van der Waals surface area contributed by atoms with Gasteiger partial charge in [0.2, 0.25) is 0 Å². The number of nitrogens with two attached hydrogens (primary N) is 1. The van der Waals surface area contributed by atoms with Gasteiger partial charge in [-0.3, -0.25) is 15.0 Å². The fourth-order valence-electron chi connectivity index (χ4n) is 3.61. The number of amidine groups is 1. The minimum Gasteiger partial charge on any atom is -0.404 e. The molecule has 0 aromatic carbocycles. The van der Waals surface area contributed by atoms with Crippen LogP contribution in [0.15, 0.2) is 67.8 Å². The second-order valence-corrected chi connectivity index (χ2v) is 7.32. The largest absolute Gasteiger partial charge is 0.404 e. The van der Waals surface area contributed by atoms with E-state index in [9.17, 15) is 0 Å². The number of piperazine rings is 1. The Bertz CT molecular complexity index is 931. The Hall–Kier alpha value is -3.84. The Morgan fingerprint density at radius 2 is 2.22 bits per heavy atom. The molecule has 0 saturated carbocycles. The van der Waals surface area contributed by atoms with Gasteiger partial charge < -0.3 is 26.3 Å². The van der Waals surface area contributed by atoms with Gasteiger partial charge in [-0.05, 0) is 33.4 Å². The van der Waals surface area contributed by atoms with Gasteiger partial charge in [0, 0.05) is 61.4 Å². The number of aliphatic imine (C=N–C) groups is 4. The molecule has 3 atom stereocenters. The minimum atomic E-state index is -0.124. The molecule has 0 bridgehead atoms. The van der Waals surface area contributed by atoms with E-state index in [1.807, 2.05) is 17.0 Å². The van der Waals surface area contributed by atoms with Gasteiger partial charge in [-0.2, -0.15) is 5.26 Å². The van der Waals surface area contributed by atoms with E-state index in [-0.39, 0.29) is 18.1 Å². The average Bonchev–Trinajstić information content (AvgIpc) is 2.81. The SMILES string of the molecule is C=N/C=C\C(=NC/C(=C/N=C)N1C=C(C#N)N=CC1)N1CC(C)NC(/C(C=N)=C/N)C1C. The van der Waals surface area contributed by atoms with Crippen molar-refractivity contribution < 1.29 is 0 Å². The molecule has 0 aliphatic carbocycles. The van der Waals surface area contributed by atoms with Crippen LogP contribution in [0.4, 0.5) is 0 Å². The summed E-state index contributed by atoms with van der Waals surface area (Å²) in [5.74, 6) is 0.717. The van der Waals surface area contributed by atoms with Gasteiger partial charge in [0.15, 0.2) is 5.70 Å². The molecule has 2 rings (SSSR count). The highest BCUT2D eigenvalue weighted by Crippen LogP contribution is 2.20. The number of allylic oxidation sites excluding steroid dienone is 1. The third-order valence-corrected chi connectivity index (χ3v) is 5.16. The van der Waals surface area contributed by atoms with E-state index in [4.69, 9.17) is 21.4 Å². The zero-order chi connectivity index (χ0) is 23.5. The van der Waals surface area contributed by atoms with Crippen molar-refractivity contribution in [2.75, 3.05) is 19.6 Å². The van der Waals surface area contributed by atoms with Crippen molar-refractivity contribution in [1.82, 2.24) is 15.1 Å². The first-order valence-electron chi connectivity index (χ1n) is 10.2. The molecule has 3 unspecified atom stereocenters. The first-order chi connectivity index (χ1) is 15.5. The first-order valence-corrected chi connectivity index (χ1v) is 10.2. The summed E-state index contributed by atoms with van der Waals surface area (Å²) in [5, 5.41) is 20.4. The predicted molar refractivity (Wildman–Crippen MR) is 131 cm³/mol. The van der Waals surface area contributed by atoms with E-state index in [1.54, 1.807) is 24.8 Å². The maximum Gasteiger partial charge on any atom is 0.156 e. The molecule has 10 nitrogen and oxygen atoms in total. The quantitative estimate of drug-likeness (QED) is 0.391. The maximum absolute atomic E-state index is 9.16. The van der Waals surface area contributed by atoms with E-state index in [1.165, 1.54) is 12.4 Å². The van der Waals surface area contributed by atoms with Gasteiger partial charge in [-0.15, -0.1) is 0 Å². The number of nitrogens with one attached hydrogen (secondary N) is 2. The summed E-state index contributed by atoms with van der Waals surface area (Å²) in [6.07, 6.45) is 11.1. The molecule has 0 radical (unpaired) electrons. The average molecular weight is 435 g/mol. The summed E-state index contributed by atoms with van der Waals surface area (Å²) in [5.41, 5.74) is 7.54. The van der Waals surface area contributed by atoms with E-state index >= 15 is 0 Å². The lowest BCUT2D eigenvalue weighted by molar-refractivity contribution is 0.198. The zero-order valence-corrected chi connectivity index (χ0v) is 18.5. The summed E-state index contributed by atoms with van der Waals surface area (Å²) >= 11 is 0. The van der Waals surface area contributed by atoms with Crippen LogP contribution in [-0.4, -0.2) is 79.3 Å². The highest BCUT2D eigenvalue weighted by molar-refractivity contribution is 5.93. The second kappa shape index (κ2) is 12.1. The van der Waals surface area contributed by atoms with Crippen LogP contribution in [0.3, 0.4) is 0 Å². The molecular weight excluding hydrogens is 404 g/mol. The zero-order valence-electron chi connectivity index (χ0n) is 18.5. The van der Waals surface area contributed by atoms with Crippen molar-refractivity contribution in [2.24, 2.45) is 25.7 Å². The summed E-state index contributed by atoms with van der Waals surface area (Å²) in [4.78, 5) is 20.7. The lowest BCUT2D eigenvalue weighted by atomic mass is 9.95. The van der Waals surface area contributed by atoms with Crippen molar-refractivity contribution in [2.45, 2.75) is 32.0 Å².